The summed E-state index contributed by atoms with van der Waals surface area (Å²) in [6, 6.07) is 0.689. The van der Waals surface area contributed by atoms with Crippen molar-refractivity contribution in [2.75, 3.05) is 0 Å². The van der Waals surface area contributed by atoms with Gasteiger partial charge in [0.25, 0.3) is 0 Å². The number of imidazole rings is 1. The Bertz CT molecular complexity index is 234. The minimum Gasteiger partial charge on any atom is -0.331 e. The fourth-order valence-corrected chi connectivity index (χ4v) is 1.46. The minimum absolute atomic E-state index is 0.0330. The van der Waals surface area contributed by atoms with Gasteiger partial charge in [-0.2, -0.15) is 0 Å². The van der Waals surface area contributed by atoms with E-state index in [1.54, 1.807) is 0 Å². The van der Waals surface area contributed by atoms with Crippen molar-refractivity contribution in [2.24, 2.45) is 0 Å². The third-order valence-corrected chi connectivity index (χ3v) is 2.19. The van der Waals surface area contributed by atoms with Gasteiger partial charge in [0.15, 0.2) is 0 Å². The molecule has 1 fully saturated rings. The lowest BCUT2D eigenvalue weighted by molar-refractivity contribution is 0.680. The summed E-state index contributed by atoms with van der Waals surface area (Å²) in [5.41, 5.74) is 0. The van der Waals surface area contributed by atoms with Crippen LogP contribution in [0.25, 0.3) is 0 Å². The topological polar surface area (TPSA) is 17.8 Å². The molecule has 0 N–H and O–H groups in total. The van der Waals surface area contributed by atoms with E-state index >= 15 is 0 Å². The first-order valence-electron chi connectivity index (χ1n) is 3.96. The summed E-state index contributed by atoms with van der Waals surface area (Å²) in [6.45, 7) is 1.96. The van der Waals surface area contributed by atoms with Crippen LogP contribution in [0.2, 0.25) is 0 Å². The molecular formula is C8H11ClN2. The molecule has 0 spiro atoms. The molecule has 60 valence electrons. The predicted molar refractivity (Wildman–Crippen MR) is 44.8 cm³/mol. The van der Waals surface area contributed by atoms with Crippen molar-refractivity contribution >= 4 is 11.6 Å². The van der Waals surface area contributed by atoms with Crippen LogP contribution in [0.15, 0.2) is 12.4 Å². The summed E-state index contributed by atoms with van der Waals surface area (Å²) in [5, 5.41) is 0.0330. The molecule has 1 atom stereocenters. The molecule has 0 unspecified atom stereocenters. The first-order chi connectivity index (χ1) is 5.29. The number of hydrogen-bond acceptors (Lipinski definition) is 1. The van der Waals surface area contributed by atoms with Crippen molar-refractivity contribution in [3.8, 4) is 0 Å². The van der Waals surface area contributed by atoms with Gasteiger partial charge in [0.05, 0.1) is 5.38 Å². The predicted octanol–water partition coefficient (Wildman–Crippen LogP) is 2.52. The van der Waals surface area contributed by atoms with E-state index in [4.69, 9.17) is 11.6 Å². The molecule has 0 aliphatic heterocycles. The van der Waals surface area contributed by atoms with Gasteiger partial charge in [0.2, 0.25) is 0 Å². The Hall–Kier alpha value is -0.500. The van der Waals surface area contributed by atoms with Crippen molar-refractivity contribution in [1.82, 2.24) is 9.55 Å². The molecule has 0 aromatic carbocycles. The lowest BCUT2D eigenvalue weighted by atomic mass is 10.4. The molecule has 0 radical (unpaired) electrons. The largest absolute Gasteiger partial charge is 0.331 e. The molecule has 1 heterocycles. The number of rotatable bonds is 2. The molecule has 0 amide bonds. The minimum atomic E-state index is 0.0330. The van der Waals surface area contributed by atoms with Crippen LogP contribution in [0, 0.1) is 0 Å². The zero-order chi connectivity index (χ0) is 7.84. The SMILES string of the molecule is C[C@H](Cl)c1nccn1C1CC1. The zero-order valence-electron chi connectivity index (χ0n) is 6.50. The summed E-state index contributed by atoms with van der Waals surface area (Å²) in [4.78, 5) is 4.21. The Morgan fingerprint density at radius 1 is 1.73 bits per heavy atom. The summed E-state index contributed by atoms with van der Waals surface area (Å²) in [6.07, 6.45) is 6.42. The Kier molecular flexibility index (Phi) is 1.64. The Morgan fingerprint density at radius 2 is 2.45 bits per heavy atom. The van der Waals surface area contributed by atoms with Crippen molar-refractivity contribution in [1.29, 1.82) is 0 Å². The van der Waals surface area contributed by atoms with Gasteiger partial charge in [-0.05, 0) is 19.8 Å². The van der Waals surface area contributed by atoms with Crippen molar-refractivity contribution in [3.05, 3.63) is 18.2 Å². The summed E-state index contributed by atoms with van der Waals surface area (Å²) < 4.78 is 2.19. The third kappa shape index (κ3) is 1.27. The quantitative estimate of drug-likeness (QED) is 0.624. The van der Waals surface area contributed by atoms with Gasteiger partial charge in [-0.1, -0.05) is 0 Å². The van der Waals surface area contributed by atoms with Crippen LogP contribution in [0.4, 0.5) is 0 Å². The number of nitrogens with zero attached hydrogens (tertiary/aromatic N) is 2. The maximum atomic E-state index is 5.94. The Balaban J connectivity index is 2.30. The standard InChI is InChI=1S/C8H11ClN2/c1-6(9)8-10-4-5-11(8)7-2-3-7/h4-7H,2-3H2,1H3/t6-/m0/s1. The van der Waals surface area contributed by atoms with Crippen LogP contribution in [-0.2, 0) is 0 Å². The summed E-state index contributed by atoms with van der Waals surface area (Å²) in [7, 11) is 0. The molecular weight excluding hydrogens is 160 g/mol. The molecule has 1 saturated carbocycles. The highest BCUT2D eigenvalue weighted by molar-refractivity contribution is 6.20. The Morgan fingerprint density at radius 3 is 3.00 bits per heavy atom. The highest BCUT2D eigenvalue weighted by atomic mass is 35.5. The smallest absolute Gasteiger partial charge is 0.126 e. The molecule has 2 nitrogen and oxygen atoms in total. The zero-order valence-corrected chi connectivity index (χ0v) is 7.25. The molecule has 0 saturated heterocycles. The van der Waals surface area contributed by atoms with Crippen LogP contribution in [0.3, 0.4) is 0 Å². The van der Waals surface area contributed by atoms with Gasteiger partial charge in [-0.3, -0.25) is 0 Å². The first-order valence-corrected chi connectivity index (χ1v) is 4.39. The van der Waals surface area contributed by atoms with E-state index < -0.39 is 0 Å². The highest BCUT2D eigenvalue weighted by Crippen LogP contribution is 2.37. The summed E-state index contributed by atoms with van der Waals surface area (Å²) >= 11 is 5.94. The Labute approximate surface area is 71.2 Å². The van der Waals surface area contributed by atoms with Crippen LogP contribution in [-0.4, -0.2) is 9.55 Å². The van der Waals surface area contributed by atoms with Gasteiger partial charge in [0, 0.05) is 18.4 Å². The first kappa shape index (κ1) is 7.17. The monoisotopic (exact) mass is 170 g/mol. The van der Waals surface area contributed by atoms with Crippen LogP contribution < -0.4 is 0 Å². The fraction of sp³-hybridized carbons (Fsp3) is 0.625. The maximum absolute atomic E-state index is 5.94. The molecule has 11 heavy (non-hydrogen) atoms. The van der Waals surface area contributed by atoms with Gasteiger partial charge in [0.1, 0.15) is 5.82 Å². The summed E-state index contributed by atoms with van der Waals surface area (Å²) in [5.74, 6) is 1.01. The second kappa shape index (κ2) is 2.52. The van der Waals surface area contributed by atoms with Gasteiger partial charge >= 0.3 is 0 Å². The molecule has 1 aliphatic rings. The lowest BCUT2D eigenvalue weighted by Gasteiger charge is -2.06. The van der Waals surface area contributed by atoms with Gasteiger partial charge < -0.3 is 4.57 Å². The van der Waals surface area contributed by atoms with Gasteiger partial charge in [-0.15, -0.1) is 11.6 Å². The van der Waals surface area contributed by atoms with E-state index in [0.717, 1.165) is 5.82 Å². The van der Waals surface area contributed by atoms with Gasteiger partial charge in [-0.25, -0.2) is 4.98 Å². The van der Waals surface area contributed by atoms with Crippen molar-refractivity contribution in [2.45, 2.75) is 31.2 Å². The van der Waals surface area contributed by atoms with Crippen LogP contribution in [0.1, 0.15) is 37.0 Å². The van der Waals surface area contributed by atoms with E-state index in [-0.39, 0.29) is 5.38 Å². The third-order valence-electron chi connectivity index (χ3n) is 1.99. The lowest BCUT2D eigenvalue weighted by Crippen LogP contribution is -2.00. The fourth-order valence-electron chi connectivity index (χ4n) is 1.29. The molecule has 1 aromatic heterocycles. The number of aromatic nitrogens is 2. The highest BCUT2D eigenvalue weighted by Gasteiger charge is 2.26. The molecule has 1 aliphatic carbocycles. The van der Waals surface area contributed by atoms with Crippen LogP contribution in [0.5, 0.6) is 0 Å². The number of halogens is 1. The average Bonchev–Trinajstić information content (AvgIpc) is 2.68. The molecule has 1 aromatic rings. The van der Waals surface area contributed by atoms with E-state index in [1.807, 2.05) is 19.3 Å². The molecule has 0 bridgehead atoms. The van der Waals surface area contributed by atoms with Crippen molar-refractivity contribution in [3.63, 3.8) is 0 Å². The average molecular weight is 171 g/mol. The van der Waals surface area contributed by atoms with E-state index in [9.17, 15) is 0 Å². The normalized spacial score (nSPS) is 20.2. The maximum Gasteiger partial charge on any atom is 0.126 e. The second-order valence-corrected chi connectivity index (χ2v) is 3.69. The second-order valence-electron chi connectivity index (χ2n) is 3.04. The van der Waals surface area contributed by atoms with Crippen LogP contribution >= 0.6 is 11.6 Å². The van der Waals surface area contributed by atoms with Crippen molar-refractivity contribution < 1.29 is 0 Å². The number of alkyl halides is 1. The van der Waals surface area contributed by atoms with E-state index in [1.165, 1.54) is 12.8 Å². The number of hydrogen-bond donors (Lipinski definition) is 0. The van der Waals surface area contributed by atoms with E-state index in [2.05, 4.69) is 9.55 Å². The molecule has 3 heteroatoms. The van der Waals surface area contributed by atoms with E-state index in [0.29, 0.717) is 6.04 Å². The molecule has 2 rings (SSSR count).